The van der Waals surface area contributed by atoms with Crippen molar-refractivity contribution in [1.29, 1.82) is 0 Å². The van der Waals surface area contributed by atoms with E-state index in [1.165, 1.54) is 0 Å². The molecule has 1 aliphatic rings. The van der Waals surface area contributed by atoms with Crippen molar-refractivity contribution in [3.05, 3.63) is 119 Å². The van der Waals surface area contributed by atoms with E-state index in [1.807, 2.05) is 48.5 Å². The van der Waals surface area contributed by atoms with Gasteiger partial charge in [0, 0.05) is 17.6 Å². The number of methoxy groups -OCH3 is 2. The predicted octanol–water partition coefficient (Wildman–Crippen LogP) is 5.69. The lowest BCUT2D eigenvalue weighted by Gasteiger charge is -2.26. The minimum absolute atomic E-state index is 0.197. The lowest BCUT2D eigenvalue weighted by Crippen LogP contribution is -2.29. The van der Waals surface area contributed by atoms with Crippen LogP contribution in [-0.4, -0.2) is 34.0 Å². The van der Waals surface area contributed by atoms with Crippen LogP contribution < -0.4 is 14.2 Å². The zero-order chi connectivity index (χ0) is 28.4. The van der Waals surface area contributed by atoms with Gasteiger partial charge < -0.3 is 24.1 Å². The van der Waals surface area contributed by atoms with Crippen molar-refractivity contribution in [1.82, 2.24) is 8.75 Å². The second-order valence-electron chi connectivity index (χ2n) is 9.52. The lowest BCUT2D eigenvalue weighted by molar-refractivity contribution is -0.185. The fourth-order valence-corrected chi connectivity index (χ4v) is 5.43. The topological polar surface area (TPSA) is 100 Å². The van der Waals surface area contributed by atoms with Crippen molar-refractivity contribution < 1.29 is 28.8 Å². The lowest BCUT2D eigenvalue weighted by atomic mass is 9.88. The number of aliphatic hydroxyl groups is 1. The first-order valence-electron chi connectivity index (χ1n) is 12.9. The van der Waals surface area contributed by atoms with E-state index in [-0.39, 0.29) is 12.0 Å². The van der Waals surface area contributed by atoms with Gasteiger partial charge in [0.05, 0.1) is 31.5 Å². The number of hydrogen-bond acceptors (Lipinski definition) is 9. The van der Waals surface area contributed by atoms with Crippen molar-refractivity contribution in [2.75, 3.05) is 14.2 Å². The first-order chi connectivity index (χ1) is 20.0. The second-order valence-corrected chi connectivity index (χ2v) is 10.0. The number of aromatic nitrogens is 2. The highest BCUT2D eigenvalue weighted by molar-refractivity contribution is 7.00. The molecule has 5 aromatic rings. The van der Waals surface area contributed by atoms with Crippen LogP contribution in [-0.2, 0) is 28.3 Å². The molecular weight excluding hydrogens is 540 g/mol. The second kappa shape index (κ2) is 11.0. The van der Waals surface area contributed by atoms with Crippen LogP contribution in [0.25, 0.3) is 16.6 Å². The van der Waals surface area contributed by atoms with Crippen LogP contribution in [0.3, 0.4) is 0 Å². The predicted molar refractivity (Wildman–Crippen MR) is 155 cm³/mol. The van der Waals surface area contributed by atoms with Gasteiger partial charge >= 0.3 is 5.97 Å². The molecule has 0 amide bonds. The Kier molecular flexibility index (Phi) is 7.13. The molecule has 0 fully saturated rings. The molecule has 206 valence electrons. The third-order valence-corrected chi connectivity index (χ3v) is 7.58. The molecule has 9 heteroatoms. The van der Waals surface area contributed by atoms with E-state index >= 15 is 0 Å². The van der Waals surface area contributed by atoms with Crippen LogP contribution >= 0.6 is 11.7 Å². The fraction of sp³-hybridized carbons (Fsp3) is 0.156. The summed E-state index contributed by atoms with van der Waals surface area (Å²) in [6.07, 6.45) is 0.197. The summed E-state index contributed by atoms with van der Waals surface area (Å²) < 4.78 is 31.3. The molecule has 41 heavy (non-hydrogen) atoms. The van der Waals surface area contributed by atoms with Crippen molar-refractivity contribution in [2.24, 2.45) is 0 Å². The molecule has 0 saturated heterocycles. The van der Waals surface area contributed by atoms with Crippen molar-refractivity contribution in [3.8, 4) is 17.2 Å². The SMILES string of the molecule is COc1ccc(C2(O)OC(=O)C(c3ccc4nsnc4c3)=C2Cc2ccc(OC)c(OCc3ccccc3)c2)cc1. The highest BCUT2D eigenvalue weighted by Crippen LogP contribution is 2.45. The summed E-state index contributed by atoms with van der Waals surface area (Å²) in [5.74, 6) is -0.896. The Balaban J connectivity index is 1.43. The minimum atomic E-state index is -2.00. The van der Waals surface area contributed by atoms with E-state index < -0.39 is 11.8 Å². The van der Waals surface area contributed by atoms with Crippen LogP contribution in [0.5, 0.6) is 17.2 Å². The quantitative estimate of drug-likeness (QED) is 0.227. The first-order valence-corrected chi connectivity index (χ1v) is 13.6. The number of esters is 1. The zero-order valence-electron chi connectivity index (χ0n) is 22.4. The number of carbonyl (C=O) groups is 1. The normalized spacial score (nSPS) is 16.6. The van der Waals surface area contributed by atoms with Gasteiger partial charge in [0.25, 0.3) is 5.79 Å². The van der Waals surface area contributed by atoms with E-state index in [9.17, 15) is 9.90 Å². The van der Waals surface area contributed by atoms with Crippen LogP contribution in [0.15, 0.2) is 96.6 Å². The summed E-state index contributed by atoms with van der Waals surface area (Å²) in [6.45, 7) is 0.355. The van der Waals surface area contributed by atoms with Gasteiger partial charge in [0.1, 0.15) is 23.4 Å². The highest BCUT2D eigenvalue weighted by Gasteiger charge is 2.48. The molecule has 2 heterocycles. The number of fused-ring (bicyclic) bond motifs is 1. The Labute approximate surface area is 240 Å². The van der Waals surface area contributed by atoms with E-state index in [4.69, 9.17) is 18.9 Å². The summed E-state index contributed by atoms with van der Waals surface area (Å²) in [5.41, 5.74) is 4.87. The van der Waals surface area contributed by atoms with E-state index in [1.54, 1.807) is 56.7 Å². The summed E-state index contributed by atoms with van der Waals surface area (Å²) in [7, 11) is 3.15. The molecule has 4 aromatic carbocycles. The summed E-state index contributed by atoms with van der Waals surface area (Å²) >= 11 is 1.10. The Morgan fingerprint density at radius 1 is 0.829 bits per heavy atom. The maximum atomic E-state index is 13.4. The standard InChI is InChI=1S/C32H26N2O6S/c1-37-24-12-10-23(11-13-24)32(36)25(30(31(35)40-32)22-9-14-26-27(18-22)34-41-33-26)16-21-8-15-28(38-2)29(17-21)39-19-20-6-4-3-5-7-20/h3-15,17-18,36H,16,19H2,1-2H3. The van der Waals surface area contributed by atoms with Crippen molar-refractivity contribution in [3.63, 3.8) is 0 Å². The highest BCUT2D eigenvalue weighted by atomic mass is 32.1. The van der Waals surface area contributed by atoms with Gasteiger partial charge in [-0.25, -0.2) is 4.79 Å². The number of benzene rings is 4. The van der Waals surface area contributed by atoms with Crippen LogP contribution in [0.1, 0.15) is 22.3 Å². The molecule has 1 aromatic heterocycles. The number of carbonyl (C=O) groups excluding carboxylic acids is 1. The molecule has 0 aliphatic carbocycles. The van der Waals surface area contributed by atoms with Crippen molar-refractivity contribution in [2.45, 2.75) is 18.8 Å². The van der Waals surface area contributed by atoms with Crippen LogP contribution in [0.4, 0.5) is 0 Å². The van der Waals surface area contributed by atoms with Crippen molar-refractivity contribution >= 4 is 34.3 Å². The summed E-state index contributed by atoms with van der Waals surface area (Å²) in [5, 5.41) is 12.0. The molecule has 8 nitrogen and oxygen atoms in total. The fourth-order valence-electron chi connectivity index (χ4n) is 4.91. The van der Waals surface area contributed by atoms with Gasteiger partial charge in [-0.3, -0.25) is 0 Å². The minimum Gasteiger partial charge on any atom is -0.497 e. The number of rotatable bonds is 9. The average Bonchev–Trinajstić information content (AvgIpc) is 3.58. The average molecular weight is 567 g/mol. The number of ether oxygens (including phenoxy) is 4. The van der Waals surface area contributed by atoms with Gasteiger partial charge in [-0.15, -0.1) is 0 Å². The molecule has 1 N–H and O–H groups in total. The van der Waals surface area contributed by atoms with Gasteiger partial charge in [0.2, 0.25) is 0 Å². The third-order valence-electron chi connectivity index (χ3n) is 7.03. The van der Waals surface area contributed by atoms with Gasteiger partial charge in [0.15, 0.2) is 11.5 Å². The molecular formula is C32H26N2O6S. The zero-order valence-corrected chi connectivity index (χ0v) is 23.2. The van der Waals surface area contributed by atoms with Gasteiger partial charge in [-0.05, 0) is 65.2 Å². The maximum absolute atomic E-state index is 13.4. The molecule has 0 spiro atoms. The molecule has 0 radical (unpaired) electrons. The van der Waals surface area contributed by atoms with E-state index in [0.717, 1.165) is 28.4 Å². The molecule has 1 atom stereocenters. The number of cyclic esters (lactones) is 1. The number of nitrogens with zero attached hydrogens (tertiary/aromatic N) is 2. The molecule has 0 bridgehead atoms. The monoisotopic (exact) mass is 566 g/mol. The summed E-state index contributed by atoms with van der Waals surface area (Å²) in [4.78, 5) is 13.4. The van der Waals surface area contributed by atoms with Gasteiger partial charge in [-0.1, -0.05) is 42.5 Å². The van der Waals surface area contributed by atoms with E-state index in [2.05, 4.69) is 8.75 Å². The van der Waals surface area contributed by atoms with Gasteiger partial charge in [-0.2, -0.15) is 8.75 Å². The first kappa shape index (κ1) is 26.5. The molecule has 1 aliphatic heterocycles. The third kappa shape index (κ3) is 5.13. The summed E-state index contributed by atoms with van der Waals surface area (Å²) in [6, 6.07) is 27.6. The largest absolute Gasteiger partial charge is 0.497 e. The molecule has 1 unspecified atom stereocenters. The maximum Gasteiger partial charge on any atom is 0.342 e. The van der Waals surface area contributed by atoms with E-state index in [0.29, 0.717) is 46.1 Å². The van der Waals surface area contributed by atoms with Crippen LogP contribution in [0, 0.1) is 0 Å². The Morgan fingerprint density at radius 3 is 2.37 bits per heavy atom. The Morgan fingerprint density at radius 2 is 1.61 bits per heavy atom. The molecule has 0 saturated carbocycles. The number of hydrogen-bond donors (Lipinski definition) is 1. The molecule has 6 rings (SSSR count). The van der Waals surface area contributed by atoms with Crippen LogP contribution in [0.2, 0.25) is 0 Å². The Bertz CT molecular complexity index is 1750. The Hall–Kier alpha value is -4.73. The smallest absolute Gasteiger partial charge is 0.342 e.